The number of benzene rings is 2. The van der Waals surface area contributed by atoms with E-state index in [9.17, 15) is 9.59 Å². The number of piperidine rings is 1. The normalized spacial score (nSPS) is 20.6. The van der Waals surface area contributed by atoms with Gasteiger partial charge in [0.15, 0.2) is 6.61 Å². The zero-order chi connectivity index (χ0) is 25.1. The van der Waals surface area contributed by atoms with Crippen molar-refractivity contribution >= 4 is 22.8 Å². The molecule has 0 aliphatic carbocycles. The van der Waals surface area contributed by atoms with Crippen molar-refractivity contribution < 1.29 is 14.3 Å². The topological polar surface area (TPSA) is 76.5 Å². The van der Waals surface area contributed by atoms with Crippen LogP contribution in [0.1, 0.15) is 50.4 Å². The van der Waals surface area contributed by atoms with Gasteiger partial charge in [-0.05, 0) is 49.4 Å². The number of likely N-dealkylation sites (tertiary alicyclic amines) is 1. The predicted octanol–water partition coefficient (Wildman–Crippen LogP) is 4.22. The minimum absolute atomic E-state index is 0.0311. The Morgan fingerprint density at radius 1 is 1.14 bits per heavy atom. The number of aromatic nitrogens is 2. The number of carbonyl (C=O) groups excluding carboxylic acids is 2. The molecule has 3 aromatic rings. The molecule has 36 heavy (non-hydrogen) atoms. The second-order valence-corrected chi connectivity index (χ2v) is 9.98. The number of para-hydroxylation sites is 3. The molecule has 7 heteroatoms. The summed E-state index contributed by atoms with van der Waals surface area (Å²) in [7, 11) is 0. The molecule has 2 aromatic carbocycles. The van der Waals surface area contributed by atoms with Crippen molar-refractivity contribution in [2.75, 3.05) is 13.2 Å². The molecule has 7 nitrogen and oxygen atoms in total. The lowest BCUT2D eigenvalue weighted by Crippen LogP contribution is -2.58. The van der Waals surface area contributed by atoms with Crippen LogP contribution in [0.5, 0.6) is 5.75 Å². The fourth-order valence-electron chi connectivity index (χ4n) is 5.40. The van der Waals surface area contributed by atoms with E-state index in [1.54, 1.807) is 0 Å². The van der Waals surface area contributed by atoms with Crippen molar-refractivity contribution in [1.82, 2.24) is 19.8 Å². The van der Waals surface area contributed by atoms with Gasteiger partial charge in [-0.1, -0.05) is 56.3 Å². The highest BCUT2D eigenvalue weighted by atomic mass is 16.5. The van der Waals surface area contributed by atoms with E-state index >= 15 is 0 Å². The molecule has 5 rings (SSSR count). The highest BCUT2D eigenvalue weighted by Crippen LogP contribution is 2.26. The van der Waals surface area contributed by atoms with Gasteiger partial charge < -0.3 is 19.5 Å². The van der Waals surface area contributed by atoms with Crippen LogP contribution in [0.4, 0.5) is 0 Å². The fraction of sp³-hybridized carbons (Fsp3) is 0.414. The average Bonchev–Trinajstić information content (AvgIpc) is 3.24. The van der Waals surface area contributed by atoms with E-state index in [-0.39, 0.29) is 43.0 Å². The van der Waals surface area contributed by atoms with Gasteiger partial charge in [0.05, 0.1) is 17.1 Å². The molecule has 0 radical (unpaired) electrons. The number of ether oxygens (including phenoxy) is 1. The summed E-state index contributed by atoms with van der Waals surface area (Å²) in [6.07, 6.45) is 7.39. The van der Waals surface area contributed by atoms with Crippen molar-refractivity contribution in [3.8, 4) is 5.75 Å². The second kappa shape index (κ2) is 10.6. The lowest BCUT2D eigenvalue weighted by Gasteiger charge is -2.41. The molecule has 1 fully saturated rings. The van der Waals surface area contributed by atoms with Crippen LogP contribution in [0.15, 0.2) is 60.7 Å². The SMILES string of the molecule is CC(C)c1nc2ccccc2n1CC(=O)N1CCC[C@H]2NC(=O)COc3ccccc3CC=CC[C@H]21. The molecule has 2 amide bonds. The molecule has 0 spiro atoms. The number of rotatable bonds is 3. The summed E-state index contributed by atoms with van der Waals surface area (Å²) < 4.78 is 7.89. The van der Waals surface area contributed by atoms with Crippen molar-refractivity contribution in [3.63, 3.8) is 0 Å². The molecule has 2 aliphatic heterocycles. The highest BCUT2D eigenvalue weighted by Gasteiger charge is 2.35. The lowest BCUT2D eigenvalue weighted by atomic mass is 9.92. The average molecular weight is 487 g/mol. The zero-order valence-electron chi connectivity index (χ0n) is 21.0. The summed E-state index contributed by atoms with van der Waals surface area (Å²) >= 11 is 0. The van der Waals surface area contributed by atoms with Crippen molar-refractivity contribution in [2.45, 2.75) is 64.1 Å². The maximum absolute atomic E-state index is 13.8. The van der Waals surface area contributed by atoms with Gasteiger partial charge in [-0.3, -0.25) is 9.59 Å². The van der Waals surface area contributed by atoms with Gasteiger partial charge in [-0.15, -0.1) is 0 Å². The molecule has 1 N–H and O–H groups in total. The third-order valence-electron chi connectivity index (χ3n) is 7.15. The number of carbonyl (C=O) groups is 2. The van der Waals surface area contributed by atoms with Crippen LogP contribution in [0.3, 0.4) is 0 Å². The molecule has 2 aliphatic rings. The summed E-state index contributed by atoms with van der Waals surface area (Å²) in [4.78, 5) is 33.3. The van der Waals surface area contributed by atoms with Crippen LogP contribution >= 0.6 is 0 Å². The van der Waals surface area contributed by atoms with Gasteiger partial charge in [-0.2, -0.15) is 0 Å². The highest BCUT2D eigenvalue weighted by molar-refractivity contribution is 5.82. The number of imidazole rings is 1. The molecule has 3 heterocycles. The molecule has 1 aromatic heterocycles. The Labute approximate surface area is 212 Å². The first-order chi connectivity index (χ1) is 17.5. The van der Waals surface area contributed by atoms with Crippen LogP contribution < -0.4 is 10.1 Å². The van der Waals surface area contributed by atoms with Crippen LogP contribution in [-0.2, 0) is 22.6 Å². The van der Waals surface area contributed by atoms with Gasteiger partial charge in [-0.25, -0.2) is 4.98 Å². The Balaban J connectivity index is 1.40. The van der Waals surface area contributed by atoms with Gasteiger partial charge in [0.25, 0.3) is 5.91 Å². The largest absolute Gasteiger partial charge is 0.483 e. The van der Waals surface area contributed by atoms with Crippen LogP contribution in [0.2, 0.25) is 0 Å². The molecule has 1 saturated heterocycles. The Kier molecular flexibility index (Phi) is 7.07. The lowest BCUT2D eigenvalue weighted by molar-refractivity contribution is -0.137. The van der Waals surface area contributed by atoms with Crippen LogP contribution in [-0.4, -0.2) is 51.5 Å². The Hall–Kier alpha value is -3.61. The molecule has 0 bridgehead atoms. The van der Waals surface area contributed by atoms with Gasteiger partial charge in [0.2, 0.25) is 5.91 Å². The van der Waals surface area contributed by atoms with E-state index in [1.165, 1.54) is 0 Å². The zero-order valence-corrected chi connectivity index (χ0v) is 21.0. The summed E-state index contributed by atoms with van der Waals surface area (Å²) in [5, 5.41) is 3.16. The number of nitrogens with one attached hydrogen (secondary N) is 1. The maximum Gasteiger partial charge on any atom is 0.258 e. The molecule has 0 saturated carbocycles. The fourth-order valence-corrected chi connectivity index (χ4v) is 5.40. The van der Waals surface area contributed by atoms with Crippen LogP contribution in [0.25, 0.3) is 11.0 Å². The molecule has 2 atom stereocenters. The van der Waals surface area contributed by atoms with Crippen molar-refractivity contribution in [1.29, 1.82) is 0 Å². The third kappa shape index (κ3) is 5.01. The number of fused-ring (bicyclic) bond motifs is 3. The summed E-state index contributed by atoms with van der Waals surface area (Å²) in [5.74, 6) is 1.77. The second-order valence-electron chi connectivity index (χ2n) is 9.98. The smallest absolute Gasteiger partial charge is 0.258 e. The Morgan fingerprint density at radius 3 is 2.81 bits per heavy atom. The number of hydrogen-bond donors (Lipinski definition) is 1. The van der Waals surface area contributed by atoms with E-state index in [2.05, 4.69) is 35.9 Å². The summed E-state index contributed by atoms with van der Waals surface area (Å²) in [6.45, 7) is 5.10. The van der Waals surface area contributed by atoms with Crippen LogP contribution in [0, 0.1) is 0 Å². The molecule has 0 unspecified atom stereocenters. The molecular weight excluding hydrogens is 452 g/mol. The third-order valence-corrected chi connectivity index (χ3v) is 7.15. The minimum Gasteiger partial charge on any atom is -0.483 e. The van der Waals surface area contributed by atoms with E-state index < -0.39 is 0 Å². The number of hydrogen-bond acceptors (Lipinski definition) is 4. The molecular formula is C29H34N4O3. The molecule has 188 valence electrons. The van der Waals surface area contributed by atoms with E-state index in [0.29, 0.717) is 13.0 Å². The van der Waals surface area contributed by atoms with E-state index in [0.717, 1.165) is 47.4 Å². The first-order valence-electron chi connectivity index (χ1n) is 12.9. The maximum atomic E-state index is 13.8. The Bertz CT molecular complexity index is 1280. The van der Waals surface area contributed by atoms with Crippen molar-refractivity contribution in [2.24, 2.45) is 0 Å². The summed E-state index contributed by atoms with van der Waals surface area (Å²) in [5.41, 5.74) is 2.93. The summed E-state index contributed by atoms with van der Waals surface area (Å²) in [6, 6.07) is 15.6. The standard InChI is InChI=1S/C29H34N4O3/c1-20(2)29-31-23-12-5-7-15-25(23)33(29)18-28(35)32-17-9-13-22-24(32)14-6-3-10-21-11-4-8-16-26(21)36-19-27(34)30-22/h3-8,11-12,15-16,20,22,24H,9-10,13-14,17-19H2,1-2H3,(H,30,34)/t22-,24-/m1/s1. The number of amides is 2. The van der Waals surface area contributed by atoms with E-state index in [1.807, 2.05) is 53.4 Å². The predicted molar refractivity (Wildman–Crippen MR) is 140 cm³/mol. The van der Waals surface area contributed by atoms with Gasteiger partial charge in [0.1, 0.15) is 18.1 Å². The number of nitrogens with zero attached hydrogens (tertiary/aromatic N) is 3. The first kappa shape index (κ1) is 24.1. The quantitative estimate of drug-likeness (QED) is 0.563. The van der Waals surface area contributed by atoms with Crippen molar-refractivity contribution in [3.05, 3.63) is 72.1 Å². The monoisotopic (exact) mass is 486 g/mol. The van der Waals surface area contributed by atoms with Gasteiger partial charge >= 0.3 is 0 Å². The van der Waals surface area contributed by atoms with E-state index in [4.69, 9.17) is 9.72 Å². The van der Waals surface area contributed by atoms with Gasteiger partial charge in [0, 0.05) is 18.5 Å². The minimum atomic E-state index is -0.152. The number of allylic oxidation sites excluding steroid dienone is 1. The first-order valence-corrected chi connectivity index (χ1v) is 12.9. The Morgan fingerprint density at radius 2 is 1.94 bits per heavy atom.